The number of hydrogen-bond acceptors (Lipinski definition) is 4. The molecule has 1 N–H and O–H groups in total. The van der Waals surface area contributed by atoms with Gasteiger partial charge in [0.25, 0.3) is 0 Å². The first kappa shape index (κ1) is 19.0. The fourth-order valence-corrected chi connectivity index (χ4v) is 2.83. The Morgan fingerprint density at radius 2 is 1.93 bits per heavy atom. The van der Waals surface area contributed by atoms with Gasteiger partial charge in [0.05, 0.1) is 0 Å². The standard InChI is InChI=1S/C18H19F3N4O2/c19-18(20,21)27-16-5-1-4-15(11-16)23-17(26)25-9-7-24(8-10-25)13-14-3-2-6-22-12-14/h1-6,11-12H,7-10,13H2,(H,23,26). The molecule has 3 rings (SSSR count). The Bertz CT molecular complexity index is 763. The molecule has 2 amide bonds. The first-order valence-corrected chi connectivity index (χ1v) is 8.42. The predicted molar refractivity (Wildman–Crippen MR) is 93.2 cm³/mol. The molecule has 1 aromatic carbocycles. The van der Waals surface area contributed by atoms with Crippen molar-refractivity contribution in [3.63, 3.8) is 0 Å². The summed E-state index contributed by atoms with van der Waals surface area (Å²) >= 11 is 0. The maximum absolute atomic E-state index is 12.4. The van der Waals surface area contributed by atoms with E-state index in [1.807, 2.05) is 18.3 Å². The van der Waals surface area contributed by atoms with Crippen LogP contribution in [0.5, 0.6) is 5.75 Å². The Balaban J connectivity index is 1.50. The molecule has 1 saturated heterocycles. The van der Waals surface area contributed by atoms with Crippen LogP contribution in [0.1, 0.15) is 5.56 Å². The number of ether oxygens (including phenoxy) is 1. The van der Waals surface area contributed by atoms with E-state index in [1.54, 1.807) is 11.1 Å². The number of halogens is 3. The van der Waals surface area contributed by atoms with Gasteiger partial charge in [-0.3, -0.25) is 9.88 Å². The highest BCUT2D eigenvalue weighted by molar-refractivity contribution is 5.89. The van der Waals surface area contributed by atoms with E-state index in [2.05, 4.69) is 19.9 Å². The lowest BCUT2D eigenvalue weighted by molar-refractivity contribution is -0.274. The van der Waals surface area contributed by atoms with Gasteiger partial charge in [0, 0.05) is 56.9 Å². The zero-order chi connectivity index (χ0) is 19.3. The second-order valence-corrected chi connectivity index (χ2v) is 6.13. The van der Waals surface area contributed by atoms with Crippen LogP contribution in [0, 0.1) is 0 Å². The van der Waals surface area contributed by atoms with Crippen LogP contribution in [-0.4, -0.2) is 53.4 Å². The van der Waals surface area contributed by atoms with E-state index >= 15 is 0 Å². The zero-order valence-corrected chi connectivity index (χ0v) is 14.4. The average Bonchev–Trinajstić information content (AvgIpc) is 2.62. The number of carbonyl (C=O) groups is 1. The quantitative estimate of drug-likeness (QED) is 0.884. The van der Waals surface area contributed by atoms with E-state index in [4.69, 9.17) is 0 Å². The van der Waals surface area contributed by atoms with Crippen molar-refractivity contribution in [3.05, 3.63) is 54.4 Å². The van der Waals surface area contributed by atoms with Gasteiger partial charge in [-0.15, -0.1) is 13.2 Å². The van der Waals surface area contributed by atoms with Gasteiger partial charge in [0.1, 0.15) is 5.75 Å². The van der Waals surface area contributed by atoms with Gasteiger partial charge in [-0.2, -0.15) is 0 Å². The van der Waals surface area contributed by atoms with Crippen LogP contribution in [-0.2, 0) is 6.54 Å². The highest BCUT2D eigenvalue weighted by atomic mass is 19.4. The van der Waals surface area contributed by atoms with Crippen molar-refractivity contribution < 1.29 is 22.7 Å². The number of carbonyl (C=O) groups excluding carboxylic acids is 1. The number of nitrogens with one attached hydrogen (secondary N) is 1. The number of aromatic nitrogens is 1. The van der Waals surface area contributed by atoms with Crippen molar-refractivity contribution in [2.24, 2.45) is 0 Å². The van der Waals surface area contributed by atoms with Gasteiger partial charge in [0.2, 0.25) is 0 Å². The maximum atomic E-state index is 12.4. The lowest BCUT2D eigenvalue weighted by Gasteiger charge is -2.34. The van der Waals surface area contributed by atoms with Crippen molar-refractivity contribution in [2.75, 3.05) is 31.5 Å². The zero-order valence-electron chi connectivity index (χ0n) is 14.4. The molecule has 0 atom stereocenters. The fourth-order valence-electron chi connectivity index (χ4n) is 2.83. The lowest BCUT2D eigenvalue weighted by atomic mass is 10.2. The summed E-state index contributed by atoms with van der Waals surface area (Å²) in [5.74, 6) is -0.374. The van der Waals surface area contributed by atoms with Gasteiger partial charge in [-0.05, 0) is 23.8 Å². The number of anilines is 1. The average molecular weight is 380 g/mol. The number of rotatable bonds is 4. The van der Waals surface area contributed by atoms with Gasteiger partial charge >= 0.3 is 12.4 Å². The van der Waals surface area contributed by atoms with Crippen LogP contribution in [0.3, 0.4) is 0 Å². The summed E-state index contributed by atoms with van der Waals surface area (Å²) in [7, 11) is 0. The van der Waals surface area contributed by atoms with Crippen molar-refractivity contribution >= 4 is 11.7 Å². The minimum Gasteiger partial charge on any atom is -0.406 e. The second kappa shape index (κ2) is 8.26. The number of alkyl halides is 3. The number of nitrogens with zero attached hydrogens (tertiary/aromatic N) is 3. The van der Waals surface area contributed by atoms with Crippen LogP contribution >= 0.6 is 0 Å². The highest BCUT2D eigenvalue weighted by Crippen LogP contribution is 2.25. The third-order valence-corrected chi connectivity index (χ3v) is 4.11. The van der Waals surface area contributed by atoms with E-state index in [-0.39, 0.29) is 17.5 Å². The van der Waals surface area contributed by atoms with E-state index in [9.17, 15) is 18.0 Å². The topological polar surface area (TPSA) is 57.7 Å². The summed E-state index contributed by atoms with van der Waals surface area (Å²) in [6, 6.07) is 8.77. The smallest absolute Gasteiger partial charge is 0.406 e. The number of urea groups is 1. The van der Waals surface area contributed by atoms with Crippen molar-refractivity contribution in [3.8, 4) is 5.75 Å². The third-order valence-electron chi connectivity index (χ3n) is 4.11. The molecule has 1 aromatic heterocycles. The predicted octanol–water partition coefficient (Wildman–Crippen LogP) is 3.33. The minimum atomic E-state index is -4.77. The van der Waals surface area contributed by atoms with Crippen LogP contribution in [0.4, 0.5) is 23.7 Å². The SMILES string of the molecule is O=C(Nc1cccc(OC(F)(F)F)c1)N1CCN(Cc2cccnc2)CC1. The van der Waals surface area contributed by atoms with Crippen LogP contribution < -0.4 is 10.1 Å². The molecule has 1 aliphatic heterocycles. The summed E-state index contributed by atoms with van der Waals surface area (Å²) in [5.41, 5.74) is 1.36. The number of pyridine rings is 1. The van der Waals surface area contributed by atoms with E-state index < -0.39 is 6.36 Å². The molecule has 0 radical (unpaired) electrons. The molecule has 0 saturated carbocycles. The molecule has 144 valence electrons. The van der Waals surface area contributed by atoms with Crippen molar-refractivity contribution in [2.45, 2.75) is 12.9 Å². The molecule has 0 unspecified atom stereocenters. The van der Waals surface area contributed by atoms with E-state index in [0.717, 1.165) is 18.2 Å². The molecular formula is C18H19F3N4O2. The Hall–Kier alpha value is -2.81. The summed E-state index contributed by atoms with van der Waals surface area (Å²) in [5, 5.41) is 2.61. The monoisotopic (exact) mass is 380 g/mol. The number of hydrogen-bond donors (Lipinski definition) is 1. The molecule has 0 spiro atoms. The van der Waals surface area contributed by atoms with E-state index in [0.29, 0.717) is 26.2 Å². The third kappa shape index (κ3) is 5.85. The summed E-state index contributed by atoms with van der Waals surface area (Å²) in [4.78, 5) is 20.3. The lowest BCUT2D eigenvalue weighted by Crippen LogP contribution is -2.49. The summed E-state index contributed by atoms with van der Waals surface area (Å²) < 4.78 is 40.7. The highest BCUT2D eigenvalue weighted by Gasteiger charge is 2.31. The van der Waals surface area contributed by atoms with Crippen molar-refractivity contribution in [1.29, 1.82) is 0 Å². The number of amides is 2. The largest absolute Gasteiger partial charge is 0.573 e. The fraction of sp³-hybridized carbons (Fsp3) is 0.333. The molecule has 0 bridgehead atoms. The normalized spacial score (nSPS) is 15.4. The second-order valence-electron chi connectivity index (χ2n) is 6.13. The molecule has 6 nitrogen and oxygen atoms in total. The number of benzene rings is 1. The first-order chi connectivity index (χ1) is 12.9. The molecule has 0 aliphatic carbocycles. The molecule has 2 heterocycles. The van der Waals surface area contributed by atoms with E-state index in [1.165, 1.54) is 18.2 Å². The van der Waals surface area contributed by atoms with Gasteiger partial charge in [-0.25, -0.2) is 4.79 Å². The molecule has 27 heavy (non-hydrogen) atoms. The minimum absolute atomic E-state index is 0.250. The van der Waals surface area contributed by atoms with Gasteiger partial charge in [-0.1, -0.05) is 12.1 Å². The Labute approximate surface area is 154 Å². The molecule has 9 heteroatoms. The molecule has 1 aliphatic rings. The van der Waals surface area contributed by atoms with Crippen LogP contribution in [0.15, 0.2) is 48.8 Å². The van der Waals surface area contributed by atoms with Crippen LogP contribution in [0.2, 0.25) is 0 Å². The molecule has 2 aromatic rings. The summed E-state index contributed by atoms with van der Waals surface area (Å²) in [6.45, 7) is 3.24. The van der Waals surface area contributed by atoms with Crippen molar-refractivity contribution in [1.82, 2.24) is 14.8 Å². The molecule has 1 fully saturated rings. The molecular weight excluding hydrogens is 361 g/mol. The van der Waals surface area contributed by atoms with Gasteiger partial charge < -0.3 is 15.0 Å². The number of piperazine rings is 1. The maximum Gasteiger partial charge on any atom is 0.573 e. The Morgan fingerprint density at radius 1 is 1.15 bits per heavy atom. The van der Waals surface area contributed by atoms with Gasteiger partial charge in [0.15, 0.2) is 0 Å². The Kier molecular flexibility index (Phi) is 5.80. The summed E-state index contributed by atoms with van der Waals surface area (Å²) in [6.07, 6.45) is -1.23. The Morgan fingerprint density at radius 3 is 2.59 bits per heavy atom. The van der Waals surface area contributed by atoms with Crippen LogP contribution in [0.25, 0.3) is 0 Å². The first-order valence-electron chi connectivity index (χ1n) is 8.42.